The molecule has 0 fully saturated rings. The molecule has 0 amide bonds. The van der Waals surface area contributed by atoms with Gasteiger partial charge in [0, 0.05) is 5.69 Å². The van der Waals surface area contributed by atoms with Crippen molar-refractivity contribution in [3.63, 3.8) is 0 Å². The summed E-state index contributed by atoms with van der Waals surface area (Å²) in [7, 11) is 0. The summed E-state index contributed by atoms with van der Waals surface area (Å²) < 4.78 is 10.4. The van der Waals surface area contributed by atoms with Gasteiger partial charge >= 0.3 is 11.9 Å². The summed E-state index contributed by atoms with van der Waals surface area (Å²) in [5.74, 6) is -1.06. The van der Waals surface area contributed by atoms with Crippen LogP contribution < -0.4 is 10.6 Å². The Labute approximate surface area is 190 Å². The molecule has 6 nitrogen and oxygen atoms in total. The molecule has 2 atom stereocenters. The number of hydrogen-bond acceptors (Lipinski definition) is 6. The van der Waals surface area contributed by atoms with Gasteiger partial charge in [-0.2, -0.15) is 0 Å². The summed E-state index contributed by atoms with van der Waals surface area (Å²) in [6.45, 7) is 3.50. The largest absolute Gasteiger partial charge is 0.464 e. The Morgan fingerprint density at radius 3 is 2.43 bits per heavy atom. The van der Waals surface area contributed by atoms with Gasteiger partial charge in [-0.1, -0.05) is 59.7 Å². The normalized spacial score (nSPS) is 12.4. The van der Waals surface area contributed by atoms with E-state index >= 15 is 0 Å². The molecule has 0 aromatic heterocycles. The number of halogens is 2. The number of carbonyl (C=O) groups excluding carboxylic acids is 2. The van der Waals surface area contributed by atoms with Crippen LogP contribution >= 0.6 is 35.4 Å². The zero-order chi connectivity index (χ0) is 22.1. The molecule has 0 bridgehead atoms. The maximum Gasteiger partial charge on any atom is 0.332 e. The van der Waals surface area contributed by atoms with E-state index in [1.807, 2.05) is 6.07 Å². The SMILES string of the molecule is CCOC(=O)C(NC=S)C(C)OC(=O)Cc1ccccc1Nc1c(Cl)cccc1Cl. The molecule has 160 valence electrons. The molecular formula is C21H22Cl2N2O4S. The number of esters is 2. The fraction of sp³-hybridized carbons (Fsp3) is 0.286. The monoisotopic (exact) mass is 468 g/mol. The van der Waals surface area contributed by atoms with E-state index < -0.39 is 24.1 Å². The second-order valence-electron chi connectivity index (χ2n) is 6.26. The maximum atomic E-state index is 12.5. The van der Waals surface area contributed by atoms with E-state index in [9.17, 15) is 9.59 Å². The van der Waals surface area contributed by atoms with Crippen molar-refractivity contribution in [2.75, 3.05) is 11.9 Å². The van der Waals surface area contributed by atoms with E-state index in [-0.39, 0.29) is 13.0 Å². The molecule has 2 unspecified atom stereocenters. The van der Waals surface area contributed by atoms with Crippen LogP contribution in [0.1, 0.15) is 19.4 Å². The van der Waals surface area contributed by atoms with Crippen molar-refractivity contribution in [2.45, 2.75) is 32.4 Å². The average molecular weight is 469 g/mol. The molecule has 9 heteroatoms. The second kappa shape index (κ2) is 11.7. The Balaban J connectivity index is 2.12. The first-order valence-corrected chi connectivity index (χ1v) is 10.4. The van der Waals surface area contributed by atoms with Crippen LogP contribution in [0, 0.1) is 0 Å². The van der Waals surface area contributed by atoms with Crippen LogP contribution in [-0.4, -0.2) is 36.2 Å². The van der Waals surface area contributed by atoms with Gasteiger partial charge in [0.05, 0.1) is 34.3 Å². The molecular weight excluding hydrogens is 447 g/mol. The molecule has 2 N–H and O–H groups in total. The number of benzene rings is 2. The van der Waals surface area contributed by atoms with Crippen molar-refractivity contribution in [1.29, 1.82) is 0 Å². The van der Waals surface area contributed by atoms with Gasteiger partial charge in [0.1, 0.15) is 6.10 Å². The van der Waals surface area contributed by atoms with E-state index in [2.05, 4.69) is 10.6 Å². The zero-order valence-electron chi connectivity index (χ0n) is 16.5. The zero-order valence-corrected chi connectivity index (χ0v) is 18.8. The minimum Gasteiger partial charge on any atom is -0.464 e. The summed E-state index contributed by atoms with van der Waals surface area (Å²) in [5, 5.41) is 6.77. The van der Waals surface area contributed by atoms with Crippen LogP contribution in [-0.2, 0) is 25.5 Å². The molecule has 2 aromatic rings. The number of rotatable bonds is 10. The van der Waals surface area contributed by atoms with Gasteiger partial charge in [0.15, 0.2) is 6.04 Å². The minimum atomic E-state index is -0.887. The van der Waals surface area contributed by atoms with E-state index in [4.69, 9.17) is 44.9 Å². The summed E-state index contributed by atoms with van der Waals surface area (Å²) in [6, 6.07) is 11.5. The number of ether oxygens (including phenoxy) is 2. The van der Waals surface area contributed by atoms with Crippen LogP contribution in [0.15, 0.2) is 42.5 Å². The third kappa shape index (κ3) is 6.58. The predicted octanol–water partition coefficient (Wildman–Crippen LogP) is 4.69. The van der Waals surface area contributed by atoms with E-state index in [0.717, 1.165) is 0 Å². The van der Waals surface area contributed by atoms with Crippen LogP contribution in [0.4, 0.5) is 11.4 Å². The van der Waals surface area contributed by atoms with Crippen molar-refractivity contribution >= 4 is 64.2 Å². The van der Waals surface area contributed by atoms with Crippen molar-refractivity contribution in [3.8, 4) is 0 Å². The van der Waals surface area contributed by atoms with Crippen molar-refractivity contribution in [2.24, 2.45) is 0 Å². The molecule has 0 spiro atoms. The van der Waals surface area contributed by atoms with Gasteiger partial charge in [0.25, 0.3) is 0 Å². The fourth-order valence-corrected chi connectivity index (χ4v) is 3.36. The van der Waals surface area contributed by atoms with Crippen LogP contribution in [0.5, 0.6) is 0 Å². The third-order valence-electron chi connectivity index (χ3n) is 4.15. The number of para-hydroxylation sites is 2. The highest BCUT2D eigenvalue weighted by Gasteiger charge is 2.28. The summed E-state index contributed by atoms with van der Waals surface area (Å²) in [5.41, 5.74) is 3.08. The minimum absolute atomic E-state index is 0.0251. The summed E-state index contributed by atoms with van der Waals surface area (Å²) >= 11 is 17.2. The topological polar surface area (TPSA) is 76.7 Å². The molecule has 0 saturated carbocycles. The lowest BCUT2D eigenvalue weighted by Gasteiger charge is -2.22. The summed E-state index contributed by atoms with van der Waals surface area (Å²) in [4.78, 5) is 24.6. The Morgan fingerprint density at radius 1 is 1.13 bits per heavy atom. The first-order valence-electron chi connectivity index (χ1n) is 9.22. The Bertz CT molecular complexity index is 890. The van der Waals surface area contributed by atoms with E-state index in [1.54, 1.807) is 50.2 Å². The Kier molecular flexibility index (Phi) is 9.36. The van der Waals surface area contributed by atoms with Crippen LogP contribution in [0.25, 0.3) is 0 Å². The smallest absolute Gasteiger partial charge is 0.332 e. The number of carbonyl (C=O) groups is 2. The lowest BCUT2D eigenvalue weighted by Crippen LogP contribution is -2.47. The molecule has 2 aromatic carbocycles. The standard InChI is InChI=1S/C21H22Cl2N2O4S/c1-3-28-21(27)19(24-12-30)13(2)29-18(26)11-14-7-4-5-10-17(14)25-20-15(22)8-6-9-16(20)23/h4-10,12-13,19,25H,3,11H2,1-2H3,(H,24,30). The average Bonchev–Trinajstić information content (AvgIpc) is 2.70. The number of nitrogens with one attached hydrogen (secondary N) is 2. The maximum absolute atomic E-state index is 12.5. The molecule has 0 aliphatic heterocycles. The fourth-order valence-electron chi connectivity index (χ4n) is 2.72. The molecule has 0 aliphatic rings. The first-order chi connectivity index (χ1) is 14.4. The van der Waals surface area contributed by atoms with Crippen LogP contribution in [0.2, 0.25) is 10.0 Å². The lowest BCUT2D eigenvalue weighted by atomic mass is 10.1. The highest BCUT2D eigenvalue weighted by atomic mass is 35.5. The van der Waals surface area contributed by atoms with Gasteiger partial charge in [-0.25, -0.2) is 4.79 Å². The van der Waals surface area contributed by atoms with E-state index in [0.29, 0.717) is 27.0 Å². The predicted molar refractivity (Wildman–Crippen MR) is 123 cm³/mol. The molecule has 0 radical (unpaired) electrons. The van der Waals surface area contributed by atoms with Crippen molar-refractivity contribution in [1.82, 2.24) is 5.32 Å². The second-order valence-corrected chi connectivity index (χ2v) is 7.31. The highest BCUT2D eigenvalue weighted by Crippen LogP contribution is 2.33. The molecule has 2 rings (SSSR count). The van der Waals surface area contributed by atoms with Crippen LogP contribution in [0.3, 0.4) is 0 Å². The Hall–Kier alpha value is -2.35. The molecule has 0 saturated heterocycles. The van der Waals surface area contributed by atoms with Gasteiger partial charge < -0.3 is 20.1 Å². The van der Waals surface area contributed by atoms with E-state index in [1.165, 1.54) is 5.49 Å². The van der Waals surface area contributed by atoms with Crippen molar-refractivity contribution < 1.29 is 19.1 Å². The third-order valence-corrected chi connectivity index (χ3v) is 4.92. The molecule has 30 heavy (non-hydrogen) atoms. The van der Waals surface area contributed by atoms with Gasteiger partial charge in [-0.05, 0) is 37.6 Å². The van der Waals surface area contributed by atoms with Gasteiger partial charge in [0.2, 0.25) is 0 Å². The molecule has 0 heterocycles. The van der Waals surface area contributed by atoms with Gasteiger partial charge in [-0.15, -0.1) is 0 Å². The number of hydrogen-bond donors (Lipinski definition) is 2. The highest BCUT2D eigenvalue weighted by molar-refractivity contribution is 7.78. The van der Waals surface area contributed by atoms with Crippen molar-refractivity contribution in [3.05, 3.63) is 58.1 Å². The quantitative estimate of drug-likeness (QED) is 0.386. The number of anilines is 2. The lowest BCUT2D eigenvalue weighted by molar-refractivity contribution is -0.156. The first kappa shape index (κ1) is 23.9. The Morgan fingerprint density at radius 2 is 1.80 bits per heavy atom. The number of thiocarbonyl (C=S) groups is 1. The van der Waals surface area contributed by atoms with Gasteiger partial charge in [-0.3, -0.25) is 4.79 Å². The molecule has 0 aliphatic carbocycles. The summed E-state index contributed by atoms with van der Waals surface area (Å²) in [6.07, 6.45) is -0.809.